The molecule has 0 saturated carbocycles. The Morgan fingerprint density at radius 2 is 2.31 bits per heavy atom. The summed E-state index contributed by atoms with van der Waals surface area (Å²) in [7, 11) is 0. The number of rotatable bonds is 2. The van der Waals surface area contributed by atoms with Crippen LogP contribution in [0.2, 0.25) is 0 Å². The van der Waals surface area contributed by atoms with Crippen molar-refractivity contribution in [2.45, 2.75) is 12.8 Å². The Kier molecular flexibility index (Phi) is 3.54. The van der Waals surface area contributed by atoms with E-state index in [0.717, 1.165) is 0 Å². The highest BCUT2D eigenvalue weighted by Gasteiger charge is 2.10. The fourth-order valence-electron chi connectivity index (χ4n) is 0.809. The predicted octanol–water partition coefficient (Wildman–Crippen LogP) is 2.69. The molecule has 68 valence electrons. The van der Waals surface area contributed by atoms with Crippen LogP contribution in [-0.4, -0.2) is 4.98 Å². The van der Waals surface area contributed by atoms with Crippen LogP contribution in [0.5, 0.6) is 0 Å². The van der Waals surface area contributed by atoms with Gasteiger partial charge in [-0.1, -0.05) is 0 Å². The molecular weight excluding hydrogens is 289 g/mol. The van der Waals surface area contributed by atoms with Crippen LogP contribution in [0.1, 0.15) is 17.7 Å². The lowest BCUT2D eigenvalue weighted by Crippen LogP contribution is -1.95. The molecule has 0 saturated heterocycles. The number of nitrogens with zero attached hydrogens (tertiary/aromatic N) is 2. The summed E-state index contributed by atoms with van der Waals surface area (Å²) in [5, 5.41) is 8.39. The van der Waals surface area contributed by atoms with Gasteiger partial charge in [0.25, 0.3) is 6.43 Å². The SMILES string of the molecule is N#CCc1cnc(C(F)F)cc1I. The Morgan fingerprint density at radius 3 is 2.77 bits per heavy atom. The van der Waals surface area contributed by atoms with E-state index >= 15 is 0 Å². The first-order valence-corrected chi connectivity index (χ1v) is 4.52. The van der Waals surface area contributed by atoms with Gasteiger partial charge in [-0.2, -0.15) is 5.26 Å². The third-order valence-electron chi connectivity index (χ3n) is 1.44. The first kappa shape index (κ1) is 10.3. The highest BCUT2D eigenvalue weighted by atomic mass is 127. The molecule has 0 atom stereocenters. The normalized spacial score (nSPS) is 10.1. The topological polar surface area (TPSA) is 36.7 Å². The number of aromatic nitrogens is 1. The minimum atomic E-state index is -2.55. The lowest BCUT2D eigenvalue weighted by atomic mass is 10.2. The van der Waals surface area contributed by atoms with Crippen LogP contribution < -0.4 is 0 Å². The van der Waals surface area contributed by atoms with Gasteiger partial charge in [-0.15, -0.1) is 0 Å². The van der Waals surface area contributed by atoms with Crippen LogP contribution in [-0.2, 0) is 6.42 Å². The van der Waals surface area contributed by atoms with E-state index in [4.69, 9.17) is 5.26 Å². The zero-order valence-electron chi connectivity index (χ0n) is 6.47. The molecule has 0 N–H and O–H groups in total. The molecule has 0 unspecified atom stereocenters. The lowest BCUT2D eigenvalue weighted by molar-refractivity contribution is 0.146. The van der Waals surface area contributed by atoms with Gasteiger partial charge in [0.2, 0.25) is 0 Å². The van der Waals surface area contributed by atoms with Crippen molar-refractivity contribution < 1.29 is 8.78 Å². The minimum absolute atomic E-state index is 0.203. The zero-order valence-corrected chi connectivity index (χ0v) is 8.62. The van der Waals surface area contributed by atoms with Gasteiger partial charge in [-0.3, -0.25) is 4.98 Å². The Hall–Kier alpha value is -0.770. The van der Waals surface area contributed by atoms with Crippen LogP contribution >= 0.6 is 22.6 Å². The molecule has 5 heteroatoms. The van der Waals surface area contributed by atoms with Gasteiger partial charge in [-0.25, -0.2) is 8.78 Å². The average Bonchev–Trinajstić information content (AvgIpc) is 2.08. The molecule has 13 heavy (non-hydrogen) atoms. The summed E-state index contributed by atoms with van der Waals surface area (Å²) >= 11 is 1.92. The Bertz CT molecular complexity index is 346. The smallest absolute Gasteiger partial charge is 0.255 e. The molecule has 0 aromatic carbocycles. The van der Waals surface area contributed by atoms with Gasteiger partial charge in [-0.05, 0) is 34.2 Å². The Balaban J connectivity index is 3.00. The minimum Gasteiger partial charge on any atom is -0.255 e. The maximum atomic E-state index is 12.1. The van der Waals surface area contributed by atoms with Gasteiger partial charge >= 0.3 is 0 Å². The molecule has 2 nitrogen and oxygen atoms in total. The second-order valence-electron chi connectivity index (χ2n) is 2.34. The van der Waals surface area contributed by atoms with E-state index in [-0.39, 0.29) is 12.1 Å². The summed E-state index contributed by atoms with van der Waals surface area (Å²) in [6, 6.07) is 3.24. The number of halogens is 3. The summed E-state index contributed by atoms with van der Waals surface area (Å²) in [6.45, 7) is 0. The zero-order chi connectivity index (χ0) is 9.84. The number of hydrogen-bond donors (Lipinski definition) is 0. The van der Waals surface area contributed by atoms with Crippen LogP contribution in [0.4, 0.5) is 8.78 Å². The summed E-state index contributed by atoms with van der Waals surface area (Å²) in [6.07, 6.45) is -1.02. The fourth-order valence-corrected chi connectivity index (χ4v) is 1.46. The molecule has 0 radical (unpaired) electrons. The maximum absolute atomic E-state index is 12.1. The summed E-state index contributed by atoms with van der Waals surface area (Å²) in [5.74, 6) is 0. The van der Waals surface area contributed by atoms with Crippen molar-refractivity contribution in [2.24, 2.45) is 0 Å². The monoisotopic (exact) mass is 294 g/mol. The second-order valence-corrected chi connectivity index (χ2v) is 3.50. The molecule has 0 aliphatic rings. The maximum Gasteiger partial charge on any atom is 0.280 e. The fraction of sp³-hybridized carbons (Fsp3) is 0.250. The van der Waals surface area contributed by atoms with Crippen molar-refractivity contribution in [3.8, 4) is 6.07 Å². The van der Waals surface area contributed by atoms with E-state index in [0.29, 0.717) is 9.13 Å². The molecule has 1 rings (SSSR count). The molecule has 1 aromatic heterocycles. The van der Waals surface area contributed by atoms with E-state index in [1.165, 1.54) is 12.3 Å². The van der Waals surface area contributed by atoms with Crippen LogP contribution in [0, 0.1) is 14.9 Å². The number of alkyl halides is 2. The largest absolute Gasteiger partial charge is 0.280 e. The van der Waals surface area contributed by atoms with Gasteiger partial charge in [0, 0.05) is 9.77 Å². The van der Waals surface area contributed by atoms with Gasteiger partial charge in [0.15, 0.2) is 0 Å². The van der Waals surface area contributed by atoms with Crippen molar-refractivity contribution in [3.63, 3.8) is 0 Å². The van der Waals surface area contributed by atoms with E-state index in [9.17, 15) is 8.78 Å². The van der Waals surface area contributed by atoms with Crippen LogP contribution in [0.25, 0.3) is 0 Å². The van der Waals surface area contributed by atoms with Crippen molar-refractivity contribution in [1.82, 2.24) is 4.98 Å². The van der Waals surface area contributed by atoms with Crippen molar-refractivity contribution in [1.29, 1.82) is 5.26 Å². The Morgan fingerprint density at radius 1 is 1.62 bits per heavy atom. The van der Waals surface area contributed by atoms with Crippen molar-refractivity contribution in [3.05, 3.63) is 27.1 Å². The average molecular weight is 294 g/mol. The first-order chi connectivity index (χ1) is 6.15. The summed E-state index contributed by atoms with van der Waals surface area (Å²) in [4.78, 5) is 3.55. The predicted molar refractivity (Wildman–Crippen MR) is 51.2 cm³/mol. The van der Waals surface area contributed by atoms with Gasteiger partial charge in [0.05, 0.1) is 12.5 Å². The molecule has 1 aromatic rings. The van der Waals surface area contributed by atoms with Gasteiger partial charge < -0.3 is 0 Å². The standard InChI is InChI=1S/C8H5F2IN2/c9-8(10)7-3-6(11)5(1-2-12)4-13-7/h3-4,8H,1H2. The van der Waals surface area contributed by atoms with Crippen LogP contribution in [0.3, 0.4) is 0 Å². The number of nitriles is 1. The summed E-state index contributed by atoms with van der Waals surface area (Å²) < 4.78 is 24.9. The van der Waals surface area contributed by atoms with Crippen molar-refractivity contribution >= 4 is 22.6 Å². The molecule has 0 bridgehead atoms. The first-order valence-electron chi connectivity index (χ1n) is 3.44. The Labute approximate surface area is 87.7 Å². The van der Waals surface area contributed by atoms with Crippen molar-refractivity contribution in [2.75, 3.05) is 0 Å². The summed E-state index contributed by atoms with van der Waals surface area (Å²) in [5.41, 5.74) is 0.443. The molecular formula is C8H5F2IN2. The third kappa shape index (κ3) is 2.59. The highest BCUT2D eigenvalue weighted by Crippen LogP contribution is 2.20. The van der Waals surface area contributed by atoms with E-state index in [1.807, 2.05) is 28.7 Å². The lowest BCUT2D eigenvalue weighted by Gasteiger charge is -2.02. The van der Waals surface area contributed by atoms with Crippen LogP contribution in [0.15, 0.2) is 12.3 Å². The van der Waals surface area contributed by atoms with E-state index in [1.54, 1.807) is 0 Å². The molecule has 0 aliphatic carbocycles. The van der Waals surface area contributed by atoms with Gasteiger partial charge in [0.1, 0.15) is 5.69 Å². The van der Waals surface area contributed by atoms with E-state index < -0.39 is 6.43 Å². The molecule has 0 spiro atoms. The van der Waals surface area contributed by atoms with E-state index in [2.05, 4.69) is 4.98 Å². The molecule has 0 amide bonds. The highest BCUT2D eigenvalue weighted by molar-refractivity contribution is 14.1. The number of hydrogen-bond acceptors (Lipinski definition) is 2. The number of pyridine rings is 1. The molecule has 0 aliphatic heterocycles. The quantitative estimate of drug-likeness (QED) is 0.786. The third-order valence-corrected chi connectivity index (χ3v) is 2.45. The molecule has 0 fully saturated rings. The molecule has 1 heterocycles. The second kappa shape index (κ2) is 4.46.